The molecule has 0 unspecified atom stereocenters. The van der Waals surface area contributed by atoms with Crippen molar-refractivity contribution >= 4 is 45.1 Å². The van der Waals surface area contributed by atoms with Crippen LogP contribution in [0.1, 0.15) is 129 Å². The molecule has 0 aromatic carbocycles. The summed E-state index contributed by atoms with van der Waals surface area (Å²) >= 11 is 6.61. The summed E-state index contributed by atoms with van der Waals surface area (Å²) in [4.78, 5) is 0. The number of aromatic amines is 1. The molecule has 170 valence electrons. The molecule has 0 aliphatic heterocycles. The molecule has 0 fully saturated rings. The molecule has 29 heavy (non-hydrogen) atoms. The molecule has 0 amide bonds. The Morgan fingerprint density at radius 2 is 1.10 bits per heavy atom. The Kier molecular flexibility index (Phi) is 20.6. The number of unbranched alkanes of at least 4 members (excludes halogenated alkanes) is 18. The smallest absolute Gasteiger partial charge is 0.183 e. The summed E-state index contributed by atoms with van der Waals surface area (Å²) in [5.74, 6) is 1.22. The van der Waals surface area contributed by atoms with E-state index in [2.05, 4.69) is 17.1 Å². The van der Waals surface area contributed by atoms with Crippen LogP contribution < -0.4 is 0 Å². The lowest BCUT2D eigenvalue weighted by atomic mass is 10.0. The molecule has 2 nitrogen and oxygen atoms in total. The van der Waals surface area contributed by atoms with E-state index < -0.39 is 0 Å². The SMILES string of the molecule is CCCCCCCCCCCCCCCCCCCCCSSc1n[nH]c(=S)s1. The van der Waals surface area contributed by atoms with Gasteiger partial charge in [-0.1, -0.05) is 145 Å². The van der Waals surface area contributed by atoms with Crippen LogP contribution in [0.15, 0.2) is 4.34 Å². The molecule has 0 atom stereocenters. The summed E-state index contributed by atoms with van der Waals surface area (Å²) < 4.78 is 1.83. The Labute approximate surface area is 197 Å². The van der Waals surface area contributed by atoms with Gasteiger partial charge in [0.1, 0.15) is 0 Å². The number of hydrogen-bond acceptors (Lipinski definition) is 5. The van der Waals surface area contributed by atoms with Crippen molar-refractivity contribution in [3.05, 3.63) is 3.95 Å². The fraction of sp³-hybridized carbons (Fsp3) is 0.913. The summed E-state index contributed by atoms with van der Waals surface area (Å²) in [5, 5.41) is 7.00. The molecule has 1 heterocycles. The minimum Gasteiger partial charge on any atom is -0.257 e. The predicted molar refractivity (Wildman–Crippen MR) is 139 cm³/mol. The number of nitrogens with one attached hydrogen (secondary N) is 1. The molecule has 0 saturated heterocycles. The summed E-state index contributed by atoms with van der Waals surface area (Å²) in [6.07, 6.45) is 27.4. The zero-order valence-corrected chi connectivity index (χ0v) is 22.0. The second-order valence-corrected chi connectivity index (χ2v) is 12.5. The first-order chi connectivity index (χ1) is 14.3. The summed E-state index contributed by atoms with van der Waals surface area (Å²) in [6, 6.07) is 0. The highest BCUT2D eigenvalue weighted by Crippen LogP contribution is 2.32. The fourth-order valence-electron chi connectivity index (χ4n) is 3.58. The maximum Gasteiger partial charge on any atom is 0.183 e. The molecule has 1 N–H and O–H groups in total. The Hall–Kier alpha value is 0.480. The number of hydrogen-bond donors (Lipinski definition) is 1. The number of H-pyrrole nitrogens is 1. The molecule has 6 heteroatoms. The van der Waals surface area contributed by atoms with E-state index in [-0.39, 0.29) is 0 Å². The first kappa shape index (κ1) is 27.5. The van der Waals surface area contributed by atoms with Gasteiger partial charge in [0.05, 0.1) is 0 Å². The zero-order valence-electron chi connectivity index (χ0n) is 18.7. The van der Waals surface area contributed by atoms with Crippen molar-refractivity contribution in [1.82, 2.24) is 10.2 Å². The van der Waals surface area contributed by atoms with Crippen LogP contribution in [0.3, 0.4) is 0 Å². The maximum absolute atomic E-state index is 5.04. The molecule has 1 aromatic rings. The molecule has 1 rings (SSSR count). The second-order valence-electron chi connectivity index (χ2n) is 8.15. The van der Waals surface area contributed by atoms with Crippen LogP contribution in [-0.4, -0.2) is 16.0 Å². The quantitative estimate of drug-likeness (QED) is 0.102. The Morgan fingerprint density at radius 1 is 0.690 bits per heavy atom. The molecular formula is C23H44N2S4. The van der Waals surface area contributed by atoms with Crippen molar-refractivity contribution in [2.45, 2.75) is 133 Å². The van der Waals surface area contributed by atoms with E-state index >= 15 is 0 Å². The third-order valence-electron chi connectivity index (χ3n) is 5.38. The van der Waals surface area contributed by atoms with Crippen LogP contribution in [0.4, 0.5) is 0 Å². The Morgan fingerprint density at radius 3 is 1.48 bits per heavy atom. The van der Waals surface area contributed by atoms with Gasteiger partial charge in [-0.25, -0.2) is 0 Å². The van der Waals surface area contributed by atoms with Gasteiger partial charge >= 0.3 is 0 Å². The van der Waals surface area contributed by atoms with Crippen molar-refractivity contribution in [2.75, 3.05) is 5.75 Å². The first-order valence-corrected chi connectivity index (χ1v) is 15.7. The number of aromatic nitrogens is 2. The van der Waals surface area contributed by atoms with Crippen molar-refractivity contribution in [1.29, 1.82) is 0 Å². The van der Waals surface area contributed by atoms with Gasteiger partial charge < -0.3 is 0 Å². The van der Waals surface area contributed by atoms with Gasteiger partial charge in [0.2, 0.25) is 0 Å². The van der Waals surface area contributed by atoms with E-state index in [1.54, 1.807) is 22.1 Å². The van der Waals surface area contributed by atoms with Gasteiger partial charge in [-0.2, -0.15) is 5.10 Å². The fourth-order valence-corrected chi connectivity index (χ4v) is 7.10. The van der Waals surface area contributed by atoms with Crippen LogP contribution in [0.25, 0.3) is 0 Å². The lowest BCUT2D eigenvalue weighted by Crippen LogP contribution is -1.84. The van der Waals surface area contributed by atoms with Crippen LogP contribution in [0, 0.1) is 3.95 Å². The lowest BCUT2D eigenvalue weighted by Gasteiger charge is -2.04. The topological polar surface area (TPSA) is 28.7 Å². The van der Waals surface area contributed by atoms with Crippen LogP contribution in [0.5, 0.6) is 0 Å². The van der Waals surface area contributed by atoms with Crippen molar-refractivity contribution in [2.24, 2.45) is 0 Å². The van der Waals surface area contributed by atoms with E-state index in [9.17, 15) is 0 Å². The predicted octanol–water partition coefficient (Wildman–Crippen LogP) is 10.4. The highest BCUT2D eigenvalue weighted by molar-refractivity contribution is 8.77. The Bertz CT molecular complexity index is 501. The standard InChI is InChI=1S/C23H44N2S4/c1-2-3-4-5-6-7-8-9-10-11-12-13-14-15-16-17-18-19-20-21-27-29-23-25-24-22(26)28-23/h2-21H2,1H3,(H,24,26). The number of rotatable bonds is 22. The minimum absolute atomic E-state index is 0.775. The highest BCUT2D eigenvalue weighted by atomic mass is 33.1. The maximum atomic E-state index is 5.04. The molecule has 0 aliphatic carbocycles. The monoisotopic (exact) mass is 476 g/mol. The number of nitrogens with zero attached hydrogens (tertiary/aromatic N) is 1. The van der Waals surface area contributed by atoms with E-state index in [1.165, 1.54) is 128 Å². The van der Waals surface area contributed by atoms with Gasteiger partial charge in [-0.3, -0.25) is 5.10 Å². The third-order valence-corrected chi connectivity index (χ3v) is 9.21. The molecule has 0 saturated carbocycles. The summed E-state index contributed by atoms with van der Waals surface area (Å²) in [7, 11) is 3.66. The van der Waals surface area contributed by atoms with Gasteiger partial charge in [-0.15, -0.1) is 0 Å². The zero-order chi connectivity index (χ0) is 20.8. The van der Waals surface area contributed by atoms with Gasteiger partial charge in [0, 0.05) is 5.75 Å². The molecular weight excluding hydrogens is 433 g/mol. The summed E-state index contributed by atoms with van der Waals surface area (Å²) in [6.45, 7) is 2.30. The van der Waals surface area contributed by atoms with Gasteiger partial charge in [-0.05, 0) is 29.4 Å². The normalized spacial score (nSPS) is 11.3. The average Bonchev–Trinajstić information content (AvgIpc) is 3.14. The van der Waals surface area contributed by atoms with Gasteiger partial charge in [0.25, 0.3) is 0 Å². The van der Waals surface area contributed by atoms with Gasteiger partial charge in [0.15, 0.2) is 8.29 Å². The van der Waals surface area contributed by atoms with Crippen LogP contribution in [-0.2, 0) is 0 Å². The molecule has 0 radical (unpaired) electrons. The first-order valence-electron chi connectivity index (χ1n) is 12.2. The van der Waals surface area contributed by atoms with E-state index in [4.69, 9.17) is 12.2 Å². The van der Waals surface area contributed by atoms with Crippen molar-refractivity contribution < 1.29 is 0 Å². The Balaban J connectivity index is 1.66. The lowest BCUT2D eigenvalue weighted by molar-refractivity contribution is 0.525. The van der Waals surface area contributed by atoms with Crippen molar-refractivity contribution in [3.8, 4) is 0 Å². The van der Waals surface area contributed by atoms with Crippen LogP contribution >= 0.6 is 45.1 Å². The minimum atomic E-state index is 0.775. The molecule has 0 aliphatic rings. The molecule has 0 bridgehead atoms. The highest BCUT2D eigenvalue weighted by Gasteiger charge is 1.99. The average molecular weight is 477 g/mol. The van der Waals surface area contributed by atoms with Crippen molar-refractivity contribution in [3.63, 3.8) is 0 Å². The molecule has 1 aromatic heterocycles. The second kappa shape index (κ2) is 21.7. The molecule has 0 spiro atoms. The van der Waals surface area contributed by atoms with E-state index in [1.807, 2.05) is 10.8 Å². The largest absolute Gasteiger partial charge is 0.257 e. The van der Waals surface area contributed by atoms with E-state index in [0.717, 1.165) is 8.29 Å². The van der Waals surface area contributed by atoms with E-state index in [0.29, 0.717) is 0 Å². The summed E-state index contributed by atoms with van der Waals surface area (Å²) in [5.41, 5.74) is 0. The van der Waals surface area contributed by atoms with Crippen LogP contribution in [0.2, 0.25) is 0 Å². The third kappa shape index (κ3) is 18.9.